The molecule has 2 aromatic rings. The van der Waals surface area contributed by atoms with E-state index in [9.17, 15) is 13.2 Å². The molecule has 1 aromatic heterocycles. The van der Waals surface area contributed by atoms with Gasteiger partial charge in [0, 0.05) is 12.1 Å². The van der Waals surface area contributed by atoms with Gasteiger partial charge >= 0.3 is 6.18 Å². The Morgan fingerprint density at radius 3 is 1.85 bits per heavy atom. The molecule has 1 heterocycles. The van der Waals surface area contributed by atoms with Gasteiger partial charge in [0.1, 0.15) is 0 Å². The van der Waals surface area contributed by atoms with Gasteiger partial charge in [0.25, 0.3) is 0 Å². The number of anilines is 4. The van der Waals surface area contributed by atoms with E-state index in [0.29, 0.717) is 11.9 Å². The van der Waals surface area contributed by atoms with Gasteiger partial charge in [-0.25, -0.2) is 0 Å². The number of halogens is 4. The Morgan fingerprint density at radius 2 is 1.38 bits per heavy atom. The number of alkyl halides is 3. The van der Waals surface area contributed by atoms with Crippen molar-refractivity contribution in [1.82, 2.24) is 15.0 Å². The Morgan fingerprint density at radius 1 is 0.885 bits per heavy atom. The zero-order chi connectivity index (χ0) is 19.5. The Kier molecular flexibility index (Phi) is 6.12. The monoisotopic (exact) mass is 388 g/mol. The second-order valence-electron chi connectivity index (χ2n) is 6.22. The van der Waals surface area contributed by atoms with Crippen molar-refractivity contribution in [2.75, 3.05) is 16.0 Å². The van der Waals surface area contributed by atoms with Crippen LogP contribution in [0.15, 0.2) is 18.2 Å². The Bertz CT molecular complexity index is 736. The number of nitrogens with zero attached hydrogens (tertiary/aromatic N) is 3. The summed E-state index contributed by atoms with van der Waals surface area (Å²) in [7, 11) is 0. The lowest BCUT2D eigenvalue weighted by atomic mass is 10.2. The van der Waals surface area contributed by atoms with Crippen molar-refractivity contribution in [1.29, 1.82) is 0 Å². The molecule has 0 aliphatic rings. The van der Waals surface area contributed by atoms with Crippen molar-refractivity contribution in [3.05, 3.63) is 28.8 Å². The van der Waals surface area contributed by atoms with E-state index < -0.39 is 11.7 Å². The van der Waals surface area contributed by atoms with Crippen LogP contribution in [0.1, 0.15) is 33.3 Å². The van der Waals surface area contributed by atoms with E-state index >= 15 is 0 Å². The minimum atomic E-state index is -4.48. The highest BCUT2D eigenvalue weighted by atomic mass is 35.5. The summed E-state index contributed by atoms with van der Waals surface area (Å²) in [5.74, 6) is 0.667. The van der Waals surface area contributed by atoms with E-state index in [1.807, 2.05) is 27.7 Å². The maximum Gasteiger partial charge on any atom is 0.416 e. The highest BCUT2D eigenvalue weighted by molar-refractivity contribution is 6.33. The number of rotatable bonds is 6. The third-order valence-corrected chi connectivity index (χ3v) is 3.34. The number of benzene rings is 1. The van der Waals surface area contributed by atoms with Crippen LogP contribution in [0.25, 0.3) is 0 Å². The van der Waals surface area contributed by atoms with Crippen molar-refractivity contribution >= 4 is 35.1 Å². The molecule has 0 amide bonds. The molecule has 0 radical (unpaired) electrons. The largest absolute Gasteiger partial charge is 0.416 e. The topological polar surface area (TPSA) is 74.8 Å². The van der Waals surface area contributed by atoms with Crippen LogP contribution in [0.2, 0.25) is 5.02 Å². The normalized spacial score (nSPS) is 11.8. The molecule has 0 saturated carbocycles. The minimum Gasteiger partial charge on any atom is -0.352 e. The van der Waals surface area contributed by atoms with Crippen molar-refractivity contribution in [2.45, 2.75) is 46.0 Å². The van der Waals surface area contributed by atoms with Gasteiger partial charge in [-0.1, -0.05) is 11.6 Å². The lowest BCUT2D eigenvalue weighted by molar-refractivity contribution is -0.137. The molecule has 26 heavy (non-hydrogen) atoms. The van der Waals surface area contributed by atoms with Crippen LogP contribution in [-0.4, -0.2) is 27.0 Å². The molecule has 1 aromatic carbocycles. The lowest BCUT2D eigenvalue weighted by Crippen LogP contribution is -2.18. The highest BCUT2D eigenvalue weighted by Gasteiger charge is 2.31. The summed E-state index contributed by atoms with van der Waals surface area (Å²) in [5.41, 5.74) is -0.766. The van der Waals surface area contributed by atoms with Gasteiger partial charge in [-0.15, -0.1) is 0 Å². The van der Waals surface area contributed by atoms with Crippen molar-refractivity contribution in [2.24, 2.45) is 0 Å². The van der Waals surface area contributed by atoms with Gasteiger partial charge < -0.3 is 16.0 Å². The van der Waals surface area contributed by atoms with E-state index in [1.165, 1.54) is 6.07 Å². The van der Waals surface area contributed by atoms with Crippen molar-refractivity contribution < 1.29 is 13.2 Å². The van der Waals surface area contributed by atoms with E-state index in [0.717, 1.165) is 12.1 Å². The molecular weight excluding hydrogens is 369 g/mol. The second-order valence-corrected chi connectivity index (χ2v) is 6.63. The first-order chi connectivity index (χ1) is 12.0. The lowest BCUT2D eigenvalue weighted by Gasteiger charge is -2.15. The maximum atomic E-state index is 12.9. The number of aromatic nitrogens is 3. The second kappa shape index (κ2) is 7.94. The molecule has 0 saturated heterocycles. The van der Waals surface area contributed by atoms with Gasteiger partial charge in [-0.3, -0.25) is 0 Å². The first-order valence-electron chi connectivity index (χ1n) is 7.97. The molecule has 10 heteroatoms. The molecule has 0 unspecified atom stereocenters. The predicted octanol–water partition coefficient (Wildman–Crippen LogP) is 4.93. The average molecular weight is 389 g/mol. The van der Waals surface area contributed by atoms with Crippen LogP contribution in [0.4, 0.5) is 36.7 Å². The Balaban J connectivity index is 2.38. The highest BCUT2D eigenvalue weighted by Crippen LogP contribution is 2.34. The summed E-state index contributed by atoms with van der Waals surface area (Å²) in [5, 5.41) is 8.94. The van der Waals surface area contributed by atoms with Gasteiger partial charge in [0.15, 0.2) is 0 Å². The summed E-state index contributed by atoms with van der Waals surface area (Å²) in [6, 6.07) is 3.13. The summed E-state index contributed by atoms with van der Waals surface area (Å²) in [6.07, 6.45) is -4.48. The van der Waals surface area contributed by atoms with Crippen molar-refractivity contribution in [3.8, 4) is 0 Å². The molecule has 0 atom stereocenters. The van der Waals surface area contributed by atoms with Crippen LogP contribution >= 0.6 is 11.6 Å². The standard InChI is InChI=1S/C16H20ClF3N6/c1-8(2)21-13-24-14(22-9(3)4)26-15(25-13)23-12-7-10(16(18,19)20)5-6-11(12)17/h5-9H,1-4H3,(H3,21,22,23,24,25,26). The quantitative estimate of drug-likeness (QED) is 0.651. The molecule has 142 valence electrons. The van der Waals surface area contributed by atoms with E-state index in [1.54, 1.807) is 0 Å². The fraction of sp³-hybridized carbons (Fsp3) is 0.438. The van der Waals surface area contributed by atoms with Crippen LogP contribution in [0.3, 0.4) is 0 Å². The van der Waals surface area contributed by atoms with Gasteiger partial charge in [0.05, 0.1) is 16.3 Å². The minimum absolute atomic E-state index is 0.0543. The third-order valence-electron chi connectivity index (χ3n) is 3.01. The Hall–Kier alpha value is -2.29. The molecule has 6 nitrogen and oxygen atoms in total. The maximum absolute atomic E-state index is 12.9. The van der Waals surface area contributed by atoms with Gasteiger partial charge in [0.2, 0.25) is 17.8 Å². The molecule has 0 fully saturated rings. The molecule has 0 aliphatic heterocycles. The third kappa shape index (κ3) is 5.62. The van der Waals surface area contributed by atoms with E-state index in [4.69, 9.17) is 11.6 Å². The summed E-state index contributed by atoms with van der Waals surface area (Å²) >= 11 is 6.01. The molecule has 3 N–H and O–H groups in total. The molecule has 0 bridgehead atoms. The zero-order valence-electron chi connectivity index (χ0n) is 14.7. The van der Waals surface area contributed by atoms with Crippen LogP contribution in [0, 0.1) is 0 Å². The van der Waals surface area contributed by atoms with E-state index in [2.05, 4.69) is 30.9 Å². The Labute approximate surface area is 154 Å². The first-order valence-corrected chi connectivity index (χ1v) is 8.35. The first kappa shape index (κ1) is 20.0. The van der Waals surface area contributed by atoms with E-state index in [-0.39, 0.29) is 28.7 Å². The zero-order valence-corrected chi connectivity index (χ0v) is 15.5. The summed E-state index contributed by atoms with van der Waals surface area (Å²) in [6.45, 7) is 7.65. The van der Waals surface area contributed by atoms with Gasteiger partial charge in [-0.2, -0.15) is 28.1 Å². The fourth-order valence-electron chi connectivity index (χ4n) is 2.00. The summed E-state index contributed by atoms with van der Waals surface area (Å²) in [4.78, 5) is 12.6. The van der Waals surface area contributed by atoms with Crippen LogP contribution in [0.5, 0.6) is 0 Å². The smallest absolute Gasteiger partial charge is 0.352 e. The molecule has 0 spiro atoms. The average Bonchev–Trinajstić information content (AvgIpc) is 2.46. The number of hydrogen-bond acceptors (Lipinski definition) is 6. The number of hydrogen-bond donors (Lipinski definition) is 3. The molecule has 2 rings (SSSR count). The molecule has 0 aliphatic carbocycles. The van der Waals surface area contributed by atoms with Gasteiger partial charge in [-0.05, 0) is 45.9 Å². The number of nitrogens with one attached hydrogen (secondary N) is 3. The predicted molar refractivity (Wildman–Crippen MR) is 97.1 cm³/mol. The van der Waals surface area contributed by atoms with Crippen LogP contribution in [-0.2, 0) is 6.18 Å². The van der Waals surface area contributed by atoms with Crippen LogP contribution < -0.4 is 16.0 Å². The fourth-order valence-corrected chi connectivity index (χ4v) is 2.16. The SMILES string of the molecule is CC(C)Nc1nc(Nc2cc(C(F)(F)F)ccc2Cl)nc(NC(C)C)n1. The van der Waals surface area contributed by atoms with Crippen molar-refractivity contribution in [3.63, 3.8) is 0 Å². The summed E-state index contributed by atoms with van der Waals surface area (Å²) < 4.78 is 38.8. The molecular formula is C16H20ClF3N6.